The van der Waals surface area contributed by atoms with Crippen LogP contribution in [0.3, 0.4) is 0 Å². The van der Waals surface area contributed by atoms with Crippen molar-refractivity contribution < 1.29 is 19.0 Å². The predicted molar refractivity (Wildman–Crippen MR) is 89.3 cm³/mol. The molecule has 0 unspecified atom stereocenters. The van der Waals surface area contributed by atoms with Crippen LogP contribution < -0.4 is 9.47 Å². The molecule has 0 amide bonds. The van der Waals surface area contributed by atoms with Crippen LogP contribution in [0.4, 0.5) is 5.69 Å². The highest BCUT2D eigenvalue weighted by atomic mass is 16.5. The maximum Gasteiger partial charge on any atom is 0.196 e. The maximum atomic E-state index is 12.0. The molecule has 0 fully saturated rings. The van der Waals surface area contributed by atoms with Gasteiger partial charge in [-0.2, -0.15) is 0 Å². The second-order valence-electron chi connectivity index (χ2n) is 5.22. The van der Waals surface area contributed by atoms with Crippen LogP contribution in [-0.2, 0) is 4.74 Å². The number of aliphatic imine (C=N–C) groups is 1. The lowest BCUT2D eigenvalue weighted by Gasteiger charge is -2.15. The van der Waals surface area contributed by atoms with Crippen molar-refractivity contribution >= 4 is 17.4 Å². The third kappa shape index (κ3) is 3.90. The molecule has 6 nitrogen and oxygen atoms in total. The lowest BCUT2D eigenvalue weighted by molar-refractivity contribution is 0.0990. The number of pyridine rings is 1. The van der Waals surface area contributed by atoms with Gasteiger partial charge in [-0.1, -0.05) is 0 Å². The third-order valence-electron chi connectivity index (χ3n) is 3.54. The second kappa shape index (κ2) is 7.59. The van der Waals surface area contributed by atoms with Crippen LogP contribution in [-0.4, -0.2) is 37.0 Å². The average Bonchev–Trinajstić information content (AvgIpc) is 2.62. The zero-order valence-electron chi connectivity index (χ0n) is 13.4. The molecule has 0 N–H and O–H groups in total. The third-order valence-corrected chi connectivity index (χ3v) is 3.54. The Labute approximate surface area is 140 Å². The molecule has 0 bridgehead atoms. The monoisotopic (exact) mass is 326 g/mol. The van der Waals surface area contributed by atoms with Crippen LogP contribution in [0.15, 0.2) is 47.7 Å². The Balaban J connectivity index is 1.44. The van der Waals surface area contributed by atoms with Gasteiger partial charge in [-0.15, -0.1) is 0 Å². The van der Waals surface area contributed by atoms with Gasteiger partial charge in [0.15, 0.2) is 11.7 Å². The van der Waals surface area contributed by atoms with E-state index in [9.17, 15) is 4.79 Å². The number of nitrogens with zero attached hydrogens (tertiary/aromatic N) is 2. The number of carbonyl (C=O) groups excluding carboxylic acids is 1. The van der Waals surface area contributed by atoms with Gasteiger partial charge in [0.2, 0.25) is 0 Å². The number of hydrogen-bond acceptors (Lipinski definition) is 6. The van der Waals surface area contributed by atoms with Crippen LogP contribution in [0.25, 0.3) is 0 Å². The molecule has 1 aliphatic heterocycles. The number of ether oxygens (including phenoxy) is 3. The fourth-order valence-electron chi connectivity index (χ4n) is 2.30. The van der Waals surface area contributed by atoms with E-state index in [1.807, 2.05) is 24.3 Å². The summed E-state index contributed by atoms with van der Waals surface area (Å²) in [6, 6.07) is 9.12. The summed E-state index contributed by atoms with van der Waals surface area (Å²) in [6.45, 7) is 0.969. The van der Waals surface area contributed by atoms with Crippen molar-refractivity contribution in [2.75, 3.05) is 20.3 Å². The maximum absolute atomic E-state index is 12.0. The summed E-state index contributed by atoms with van der Waals surface area (Å²) in [5, 5.41) is 0. The van der Waals surface area contributed by atoms with Crippen LogP contribution in [0, 0.1) is 0 Å². The van der Waals surface area contributed by atoms with Gasteiger partial charge in [0, 0.05) is 18.8 Å². The van der Waals surface area contributed by atoms with Gasteiger partial charge >= 0.3 is 0 Å². The summed E-state index contributed by atoms with van der Waals surface area (Å²) in [4.78, 5) is 20.3. The molecule has 0 saturated heterocycles. The van der Waals surface area contributed by atoms with E-state index in [0.29, 0.717) is 36.8 Å². The molecule has 3 rings (SSSR count). The van der Waals surface area contributed by atoms with Crippen LogP contribution in [0.1, 0.15) is 23.2 Å². The van der Waals surface area contributed by atoms with E-state index < -0.39 is 0 Å². The Morgan fingerprint density at radius 2 is 1.79 bits per heavy atom. The molecule has 0 aliphatic carbocycles. The minimum atomic E-state index is -0.0161. The standard InChI is InChI=1S/C18H18N2O4/c1-22-13-3-5-14(6-4-13)23-9-2-10-24-18-11-17(21)15-12-19-8-7-16(15)20-18/h3-8,12H,2,9-11H2,1H3. The first-order valence-electron chi connectivity index (χ1n) is 7.70. The van der Waals surface area contributed by atoms with Crippen LogP contribution >= 0.6 is 0 Å². The Kier molecular flexibility index (Phi) is 5.05. The average molecular weight is 326 g/mol. The number of carbonyl (C=O) groups is 1. The molecule has 1 aliphatic rings. The molecular formula is C18H18N2O4. The van der Waals surface area contributed by atoms with E-state index >= 15 is 0 Å². The number of methoxy groups -OCH3 is 1. The quantitative estimate of drug-likeness (QED) is 0.763. The minimum absolute atomic E-state index is 0.0161. The molecule has 0 atom stereocenters. The highest BCUT2D eigenvalue weighted by Gasteiger charge is 2.20. The Hall–Kier alpha value is -2.89. The lowest BCUT2D eigenvalue weighted by atomic mass is 10.1. The van der Waals surface area contributed by atoms with Crippen molar-refractivity contribution in [3.05, 3.63) is 48.3 Å². The summed E-state index contributed by atoms with van der Waals surface area (Å²) < 4.78 is 16.3. The Morgan fingerprint density at radius 1 is 1.04 bits per heavy atom. The van der Waals surface area contributed by atoms with Crippen molar-refractivity contribution in [1.82, 2.24) is 4.98 Å². The number of hydrogen-bond donors (Lipinski definition) is 0. The van der Waals surface area contributed by atoms with E-state index in [1.165, 1.54) is 0 Å². The number of fused-ring (bicyclic) bond motifs is 1. The van der Waals surface area contributed by atoms with Gasteiger partial charge in [-0.25, -0.2) is 4.99 Å². The van der Waals surface area contributed by atoms with Crippen molar-refractivity contribution in [3.8, 4) is 11.5 Å². The first-order valence-corrected chi connectivity index (χ1v) is 7.70. The van der Waals surface area contributed by atoms with Gasteiger partial charge in [0.25, 0.3) is 0 Å². The van der Waals surface area contributed by atoms with E-state index in [-0.39, 0.29) is 12.2 Å². The van der Waals surface area contributed by atoms with E-state index in [0.717, 1.165) is 11.5 Å². The molecule has 0 saturated carbocycles. The van der Waals surface area contributed by atoms with Gasteiger partial charge in [0.1, 0.15) is 11.5 Å². The minimum Gasteiger partial charge on any atom is -0.497 e. The number of ketones is 1. The molecule has 24 heavy (non-hydrogen) atoms. The zero-order chi connectivity index (χ0) is 16.8. The summed E-state index contributed by atoms with van der Waals surface area (Å²) in [6.07, 6.45) is 4.03. The smallest absolute Gasteiger partial charge is 0.196 e. The summed E-state index contributed by atoms with van der Waals surface area (Å²) in [7, 11) is 1.63. The lowest BCUT2D eigenvalue weighted by Crippen LogP contribution is -2.17. The van der Waals surface area contributed by atoms with Gasteiger partial charge in [-0.05, 0) is 30.3 Å². The molecule has 2 heterocycles. The molecule has 0 spiro atoms. The fourth-order valence-corrected chi connectivity index (χ4v) is 2.30. The highest BCUT2D eigenvalue weighted by molar-refractivity contribution is 6.13. The molecule has 1 aromatic carbocycles. The first-order chi connectivity index (χ1) is 11.8. The molecule has 2 aromatic rings. The van der Waals surface area contributed by atoms with Crippen molar-refractivity contribution in [3.63, 3.8) is 0 Å². The summed E-state index contributed by atoms with van der Waals surface area (Å²) in [5.74, 6) is 2.00. The van der Waals surface area contributed by atoms with E-state index in [2.05, 4.69) is 9.98 Å². The number of benzene rings is 1. The normalized spacial score (nSPS) is 13.0. The highest BCUT2D eigenvalue weighted by Crippen LogP contribution is 2.24. The van der Waals surface area contributed by atoms with Crippen molar-refractivity contribution in [1.29, 1.82) is 0 Å². The SMILES string of the molecule is COc1ccc(OCCCOC2=Nc3ccncc3C(=O)C2)cc1. The molecular weight excluding hydrogens is 308 g/mol. The van der Waals surface area contributed by atoms with Crippen molar-refractivity contribution in [2.45, 2.75) is 12.8 Å². The topological polar surface area (TPSA) is 70.0 Å². The van der Waals surface area contributed by atoms with E-state index in [4.69, 9.17) is 14.2 Å². The Bertz CT molecular complexity index is 741. The van der Waals surface area contributed by atoms with Gasteiger partial charge in [-0.3, -0.25) is 9.78 Å². The molecule has 1 aromatic heterocycles. The number of rotatable bonds is 6. The summed E-state index contributed by atoms with van der Waals surface area (Å²) in [5.41, 5.74) is 1.17. The van der Waals surface area contributed by atoms with Crippen LogP contribution in [0.5, 0.6) is 11.5 Å². The molecule has 6 heteroatoms. The largest absolute Gasteiger partial charge is 0.497 e. The predicted octanol–water partition coefficient (Wildman–Crippen LogP) is 3.19. The van der Waals surface area contributed by atoms with E-state index in [1.54, 1.807) is 25.6 Å². The number of aromatic nitrogens is 1. The van der Waals surface area contributed by atoms with Gasteiger partial charge < -0.3 is 14.2 Å². The first kappa shape index (κ1) is 16.0. The number of Topliss-reactive ketones (excluding diaryl/α,β-unsaturated/α-hetero) is 1. The Morgan fingerprint density at radius 3 is 2.58 bits per heavy atom. The molecule has 0 radical (unpaired) electrons. The second-order valence-corrected chi connectivity index (χ2v) is 5.22. The van der Waals surface area contributed by atoms with Crippen LogP contribution in [0.2, 0.25) is 0 Å². The fraction of sp³-hybridized carbons (Fsp3) is 0.278. The molecule has 124 valence electrons. The van der Waals surface area contributed by atoms with Crippen molar-refractivity contribution in [2.24, 2.45) is 4.99 Å². The summed E-state index contributed by atoms with van der Waals surface area (Å²) >= 11 is 0. The van der Waals surface area contributed by atoms with Gasteiger partial charge in [0.05, 0.1) is 38.0 Å². The zero-order valence-corrected chi connectivity index (χ0v) is 13.4.